The first-order valence-electron chi connectivity index (χ1n) is 7.33. The fraction of sp³-hybridized carbons (Fsp3) is 0.333. The highest BCUT2D eigenvalue weighted by molar-refractivity contribution is 5.24. The Balaban J connectivity index is 1.83. The highest BCUT2D eigenvalue weighted by Gasteiger charge is 2.29. The Hall–Kier alpha value is -1.64. The van der Waals surface area contributed by atoms with Gasteiger partial charge in [0.05, 0.1) is 0 Å². The third kappa shape index (κ3) is 2.92. The second kappa shape index (κ2) is 6.21. The molecule has 2 atom stereocenters. The third-order valence-corrected chi connectivity index (χ3v) is 4.20. The average molecular weight is 267 g/mol. The maximum absolute atomic E-state index is 9.59. The first kappa shape index (κ1) is 13.3. The van der Waals surface area contributed by atoms with E-state index >= 15 is 0 Å². The van der Waals surface area contributed by atoms with Crippen LogP contribution in [0.5, 0.6) is 0 Å². The van der Waals surface area contributed by atoms with E-state index in [9.17, 15) is 5.11 Å². The van der Waals surface area contributed by atoms with Crippen LogP contribution >= 0.6 is 0 Å². The van der Waals surface area contributed by atoms with Crippen LogP contribution < -0.4 is 5.32 Å². The predicted octanol–water partition coefficient (Wildman–Crippen LogP) is 3.46. The molecule has 2 unspecified atom stereocenters. The van der Waals surface area contributed by atoms with Gasteiger partial charge in [-0.2, -0.15) is 0 Å². The Morgan fingerprint density at radius 1 is 0.800 bits per heavy atom. The van der Waals surface area contributed by atoms with Crippen molar-refractivity contribution in [2.75, 3.05) is 6.61 Å². The van der Waals surface area contributed by atoms with E-state index < -0.39 is 0 Å². The van der Waals surface area contributed by atoms with E-state index in [1.54, 1.807) is 0 Å². The van der Waals surface area contributed by atoms with Gasteiger partial charge in [0.2, 0.25) is 0 Å². The van der Waals surface area contributed by atoms with Crippen LogP contribution in [-0.4, -0.2) is 11.7 Å². The van der Waals surface area contributed by atoms with E-state index in [1.807, 2.05) is 12.1 Å². The summed E-state index contributed by atoms with van der Waals surface area (Å²) in [6.07, 6.45) is 2.01. The van der Waals surface area contributed by atoms with Crippen molar-refractivity contribution in [2.24, 2.45) is 5.92 Å². The summed E-state index contributed by atoms with van der Waals surface area (Å²) in [5.74, 6) is 0.367. The van der Waals surface area contributed by atoms with Crippen molar-refractivity contribution >= 4 is 0 Å². The lowest BCUT2D eigenvalue weighted by molar-refractivity contribution is 0.152. The second-order valence-electron chi connectivity index (χ2n) is 5.61. The Morgan fingerprint density at radius 3 is 1.65 bits per heavy atom. The number of hydrogen-bond donors (Lipinski definition) is 2. The molecule has 2 aromatic rings. The van der Waals surface area contributed by atoms with Gasteiger partial charge in [0.15, 0.2) is 0 Å². The summed E-state index contributed by atoms with van der Waals surface area (Å²) in [7, 11) is 0. The standard InChI is InChI=1S/C18H21NO/c20-13-14-11-17(15-7-3-1-4-8-15)19-18(12-14)16-9-5-2-6-10-16/h1-10,14,17-20H,11-13H2. The van der Waals surface area contributed by atoms with E-state index in [2.05, 4.69) is 53.8 Å². The smallest absolute Gasteiger partial charge is 0.0460 e. The summed E-state index contributed by atoms with van der Waals surface area (Å²) >= 11 is 0. The molecule has 0 amide bonds. The zero-order valence-corrected chi connectivity index (χ0v) is 11.6. The summed E-state index contributed by atoms with van der Waals surface area (Å²) in [6.45, 7) is 0.272. The minimum atomic E-state index is 0.272. The summed E-state index contributed by atoms with van der Waals surface area (Å²) in [5.41, 5.74) is 2.62. The number of benzene rings is 2. The van der Waals surface area contributed by atoms with Crippen LogP contribution in [0.1, 0.15) is 36.1 Å². The van der Waals surface area contributed by atoms with Gasteiger partial charge in [-0.05, 0) is 29.9 Å². The van der Waals surface area contributed by atoms with Crippen LogP contribution in [0.25, 0.3) is 0 Å². The fourth-order valence-electron chi connectivity index (χ4n) is 3.13. The van der Waals surface area contributed by atoms with Crippen molar-refractivity contribution in [3.8, 4) is 0 Å². The highest BCUT2D eigenvalue weighted by atomic mass is 16.3. The van der Waals surface area contributed by atoms with Crippen molar-refractivity contribution in [1.82, 2.24) is 5.32 Å². The molecule has 20 heavy (non-hydrogen) atoms. The lowest BCUT2D eigenvalue weighted by atomic mass is 9.83. The molecular formula is C18H21NO. The van der Waals surface area contributed by atoms with Gasteiger partial charge >= 0.3 is 0 Å². The molecule has 1 fully saturated rings. The van der Waals surface area contributed by atoms with Crippen LogP contribution in [0.4, 0.5) is 0 Å². The molecule has 1 aliphatic rings. The number of rotatable bonds is 3. The van der Waals surface area contributed by atoms with Crippen molar-refractivity contribution in [3.05, 3.63) is 71.8 Å². The van der Waals surface area contributed by atoms with E-state index in [4.69, 9.17) is 0 Å². The molecule has 0 bridgehead atoms. The second-order valence-corrected chi connectivity index (χ2v) is 5.61. The summed E-state index contributed by atoms with van der Waals surface area (Å²) < 4.78 is 0. The monoisotopic (exact) mass is 267 g/mol. The molecular weight excluding hydrogens is 246 g/mol. The summed E-state index contributed by atoms with van der Waals surface area (Å²) in [4.78, 5) is 0. The first-order chi connectivity index (χ1) is 9.86. The molecule has 0 aliphatic carbocycles. The lowest BCUT2D eigenvalue weighted by Gasteiger charge is -2.36. The number of hydrogen-bond acceptors (Lipinski definition) is 2. The third-order valence-electron chi connectivity index (χ3n) is 4.20. The zero-order chi connectivity index (χ0) is 13.8. The molecule has 104 valence electrons. The van der Waals surface area contributed by atoms with E-state index in [0.29, 0.717) is 18.0 Å². The Labute approximate surface area is 120 Å². The van der Waals surface area contributed by atoms with Gasteiger partial charge in [-0.1, -0.05) is 60.7 Å². The lowest BCUT2D eigenvalue weighted by Crippen LogP contribution is -2.36. The van der Waals surface area contributed by atoms with Crippen LogP contribution in [0.2, 0.25) is 0 Å². The molecule has 2 heteroatoms. The maximum atomic E-state index is 9.59. The number of aliphatic hydroxyl groups excluding tert-OH is 1. The Morgan fingerprint density at radius 2 is 1.25 bits per heavy atom. The van der Waals surface area contributed by atoms with Gasteiger partial charge in [0, 0.05) is 18.7 Å². The van der Waals surface area contributed by atoms with Crippen molar-refractivity contribution in [2.45, 2.75) is 24.9 Å². The fourth-order valence-corrected chi connectivity index (χ4v) is 3.13. The molecule has 2 N–H and O–H groups in total. The molecule has 2 nitrogen and oxygen atoms in total. The molecule has 1 aliphatic heterocycles. The van der Waals surface area contributed by atoms with Gasteiger partial charge in [-0.25, -0.2) is 0 Å². The van der Waals surface area contributed by atoms with E-state index in [0.717, 1.165) is 12.8 Å². The predicted molar refractivity (Wildman–Crippen MR) is 81.3 cm³/mol. The quantitative estimate of drug-likeness (QED) is 0.892. The highest BCUT2D eigenvalue weighted by Crippen LogP contribution is 2.35. The number of nitrogens with one attached hydrogen (secondary N) is 1. The average Bonchev–Trinajstić information content (AvgIpc) is 2.56. The molecule has 0 aromatic heterocycles. The summed E-state index contributed by atoms with van der Waals surface area (Å²) in [6, 6.07) is 21.7. The molecule has 1 heterocycles. The largest absolute Gasteiger partial charge is 0.396 e. The van der Waals surface area contributed by atoms with E-state index in [-0.39, 0.29) is 6.61 Å². The van der Waals surface area contributed by atoms with Gasteiger partial charge in [-0.15, -0.1) is 0 Å². The molecule has 0 spiro atoms. The Kier molecular flexibility index (Phi) is 4.14. The topological polar surface area (TPSA) is 32.3 Å². The summed E-state index contributed by atoms with van der Waals surface area (Å²) in [5, 5.41) is 13.3. The van der Waals surface area contributed by atoms with Crippen molar-refractivity contribution in [1.29, 1.82) is 0 Å². The van der Waals surface area contributed by atoms with Gasteiger partial charge in [-0.3, -0.25) is 0 Å². The van der Waals surface area contributed by atoms with Crippen LogP contribution in [-0.2, 0) is 0 Å². The molecule has 0 radical (unpaired) electrons. The first-order valence-corrected chi connectivity index (χ1v) is 7.33. The number of aliphatic hydroxyl groups is 1. The van der Waals surface area contributed by atoms with E-state index in [1.165, 1.54) is 11.1 Å². The Bertz CT molecular complexity index is 478. The minimum Gasteiger partial charge on any atom is -0.396 e. The molecule has 2 aromatic carbocycles. The van der Waals surface area contributed by atoms with Crippen LogP contribution in [0.3, 0.4) is 0 Å². The zero-order valence-electron chi connectivity index (χ0n) is 11.6. The molecule has 0 saturated carbocycles. The van der Waals surface area contributed by atoms with Crippen molar-refractivity contribution in [3.63, 3.8) is 0 Å². The minimum absolute atomic E-state index is 0.272. The normalized spacial score (nSPS) is 26.4. The molecule has 3 rings (SSSR count). The van der Waals surface area contributed by atoms with Crippen molar-refractivity contribution < 1.29 is 5.11 Å². The SMILES string of the molecule is OCC1CC(c2ccccc2)NC(c2ccccc2)C1. The van der Waals surface area contributed by atoms with Gasteiger partial charge < -0.3 is 10.4 Å². The molecule has 1 saturated heterocycles. The van der Waals surface area contributed by atoms with Gasteiger partial charge in [0.25, 0.3) is 0 Å². The number of piperidine rings is 1. The van der Waals surface area contributed by atoms with Crippen LogP contribution in [0.15, 0.2) is 60.7 Å². The van der Waals surface area contributed by atoms with Gasteiger partial charge in [0.1, 0.15) is 0 Å². The van der Waals surface area contributed by atoms with Crippen LogP contribution in [0, 0.1) is 5.92 Å². The maximum Gasteiger partial charge on any atom is 0.0460 e.